The predicted molar refractivity (Wildman–Crippen MR) is 74.3 cm³/mol. The molecule has 0 aliphatic rings. The predicted octanol–water partition coefficient (Wildman–Crippen LogP) is 1.24. The van der Waals surface area contributed by atoms with Crippen LogP contribution in [0.15, 0.2) is 15.0 Å². The van der Waals surface area contributed by atoms with Crippen molar-refractivity contribution >= 4 is 17.4 Å². The molecule has 2 rings (SSSR count). The summed E-state index contributed by atoms with van der Waals surface area (Å²) in [5.41, 5.74) is 7.28. The molecule has 2 heterocycles. The number of aryl methyl sites for hydroxylation is 2. The van der Waals surface area contributed by atoms with E-state index in [-0.39, 0.29) is 5.69 Å². The second kappa shape index (κ2) is 5.52. The minimum Gasteiger partial charge on any atom is -0.395 e. The topological polar surface area (TPSA) is 94.5 Å². The first kappa shape index (κ1) is 13.7. The van der Waals surface area contributed by atoms with Gasteiger partial charge in [-0.15, -0.1) is 5.10 Å². The zero-order chi connectivity index (χ0) is 14.0. The van der Waals surface area contributed by atoms with Crippen LogP contribution in [-0.2, 0) is 13.1 Å². The van der Waals surface area contributed by atoms with E-state index in [1.54, 1.807) is 4.57 Å². The summed E-state index contributed by atoms with van der Waals surface area (Å²) in [6.45, 7) is 7.25. The number of nitrogens with two attached hydrogens (primary N) is 1. The van der Waals surface area contributed by atoms with Gasteiger partial charge in [0.2, 0.25) is 0 Å². The Morgan fingerprint density at radius 3 is 2.79 bits per heavy atom. The number of nitrogens with zero attached hydrogens (tertiary/aromatic N) is 4. The molecule has 0 unspecified atom stereocenters. The van der Waals surface area contributed by atoms with Gasteiger partial charge in [0.25, 0.3) is 0 Å². The molecule has 19 heavy (non-hydrogen) atoms. The van der Waals surface area contributed by atoms with Gasteiger partial charge in [0, 0.05) is 13.1 Å². The number of nitrogens with one attached hydrogen (secondary N) is 1. The van der Waals surface area contributed by atoms with Gasteiger partial charge in [-0.3, -0.25) is 9.25 Å². The number of hydrogen-bond acceptors (Lipinski definition) is 5. The lowest BCUT2D eigenvalue weighted by Crippen LogP contribution is -2.17. The molecule has 104 valence electrons. The fraction of sp³-hybridized carbons (Fsp3) is 0.545. The Labute approximate surface area is 115 Å². The highest BCUT2D eigenvalue weighted by molar-refractivity contribution is 7.99. The van der Waals surface area contributed by atoms with Crippen molar-refractivity contribution in [1.29, 1.82) is 0 Å². The quantitative estimate of drug-likeness (QED) is 0.860. The van der Waals surface area contributed by atoms with Gasteiger partial charge >= 0.3 is 5.69 Å². The number of nitrogen functional groups attached to an aromatic ring is 1. The molecule has 2 aromatic heterocycles. The third-order valence-corrected chi connectivity index (χ3v) is 3.90. The van der Waals surface area contributed by atoms with Gasteiger partial charge in [-0.25, -0.2) is 9.89 Å². The van der Waals surface area contributed by atoms with Crippen LogP contribution in [0.1, 0.15) is 26.0 Å². The summed E-state index contributed by atoms with van der Waals surface area (Å²) >= 11 is 1.37. The van der Waals surface area contributed by atoms with E-state index < -0.39 is 0 Å². The van der Waals surface area contributed by atoms with Crippen LogP contribution >= 0.6 is 11.8 Å². The maximum Gasteiger partial charge on any atom is 0.343 e. The van der Waals surface area contributed by atoms with Crippen molar-refractivity contribution in [2.45, 2.75) is 50.5 Å². The van der Waals surface area contributed by atoms with Crippen LogP contribution in [0.25, 0.3) is 0 Å². The largest absolute Gasteiger partial charge is 0.395 e. The first-order valence-electron chi connectivity index (χ1n) is 6.24. The molecule has 0 atom stereocenters. The Hall–Kier alpha value is -1.70. The van der Waals surface area contributed by atoms with Crippen LogP contribution < -0.4 is 11.4 Å². The zero-order valence-electron chi connectivity index (χ0n) is 11.3. The van der Waals surface area contributed by atoms with E-state index >= 15 is 0 Å². The average Bonchev–Trinajstić information content (AvgIpc) is 2.87. The van der Waals surface area contributed by atoms with Crippen LogP contribution in [0, 0.1) is 6.92 Å². The van der Waals surface area contributed by atoms with E-state index in [9.17, 15) is 4.79 Å². The third-order valence-electron chi connectivity index (χ3n) is 2.78. The number of H-pyrrole nitrogens is 1. The molecule has 0 aromatic carbocycles. The molecule has 0 spiro atoms. The highest BCUT2D eigenvalue weighted by Crippen LogP contribution is 2.32. The summed E-state index contributed by atoms with van der Waals surface area (Å²) in [5, 5.41) is 12.3. The SMILES string of the molecule is CCCn1c(Sc2c(N)c(C)nn2CC)n[nH]c1=O. The lowest BCUT2D eigenvalue weighted by Gasteiger charge is -2.06. The zero-order valence-corrected chi connectivity index (χ0v) is 12.1. The Morgan fingerprint density at radius 1 is 1.42 bits per heavy atom. The summed E-state index contributed by atoms with van der Waals surface area (Å²) in [6, 6.07) is 0. The van der Waals surface area contributed by atoms with Gasteiger partial charge in [0.1, 0.15) is 5.03 Å². The lowest BCUT2D eigenvalue weighted by atomic mass is 10.4. The molecule has 0 amide bonds. The first-order valence-corrected chi connectivity index (χ1v) is 7.06. The Balaban J connectivity index is 2.39. The minimum atomic E-state index is -0.192. The van der Waals surface area contributed by atoms with Crippen molar-refractivity contribution in [1.82, 2.24) is 24.5 Å². The van der Waals surface area contributed by atoms with Crippen molar-refractivity contribution in [2.24, 2.45) is 0 Å². The summed E-state index contributed by atoms with van der Waals surface area (Å²) < 4.78 is 3.44. The molecule has 0 saturated carbocycles. The van der Waals surface area contributed by atoms with Crippen LogP contribution in [0.3, 0.4) is 0 Å². The molecule has 3 N–H and O–H groups in total. The van der Waals surface area contributed by atoms with Crippen LogP contribution in [0.2, 0.25) is 0 Å². The second-order valence-corrected chi connectivity index (χ2v) is 5.14. The number of aromatic amines is 1. The molecule has 0 fully saturated rings. The van der Waals surface area contributed by atoms with Crippen LogP contribution in [0.5, 0.6) is 0 Å². The highest BCUT2D eigenvalue weighted by Gasteiger charge is 2.17. The standard InChI is InChI=1S/C11H18N6OS/c1-4-6-16-10(18)13-14-11(16)19-9-8(12)7(3)15-17(9)5-2/h4-6,12H2,1-3H3,(H,13,18). The van der Waals surface area contributed by atoms with E-state index in [1.807, 2.05) is 25.5 Å². The Bertz CT molecular complexity index is 626. The molecule has 2 aromatic rings. The summed E-state index contributed by atoms with van der Waals surface area (Å²) in [5.74, 6) is 0. The summed E-state index contributed by atoms with van der Waals surface area (Å²) in [4.78, 5) is 11.6. The monoisotopic (exact) mass is 282 g/mol. The maximum atomic E-state index is 11.6. The Kier molecular flexibility index (Phi) is 3.98. The minimum absolute atomic E-state index is 0.192. The van der Waals surface area contributed by atoms with Crippen molar-refractivity contribution in [2.75, 3.05) is 5.73 Å². The number of rotatable bonds is 5. The maximum absolute atomic E-state index is 11.6. The van der Waals surface area contributed by atoms with E-state index in [4.69, 9.17) is 5.73 Å². The summed E-state index contributed by atoms with van der Waals surface area (Å²) in [6.07, 6.45) is 0.870. The molecule has 7 nitrogen and oxygen atoms in total. The smallest absolute Gasteiger partial charge is 0.343 e. The van der Waals surface area contributed by atoms with Crippen molar-refractivity contribution in [3.05, 3.63) is 16.2 Å². The van der Waals surface area contributed by atoms with Crippen LogP contribution in [0.4, 0.5) is 5.69 Å². The van der Waals surface area contributed by atoms with Gasteiger partial charge in [-0.2, -0.15) is 5.10 Å². The molecule has 0 saturated heterocycles. The molecule has 0 aliphatic carbocycles. The highest BCUT2D eigenvalue weighted by atomic mass is 32.2. The van der Waals surface area contributed by atoms with Crippen molar-refractivity contribution in [3.63, 3.8) is 0 Å². The summed E-state index contributed by atoms with van der Waals surface area (Å²) in [7, 11) is 0. The molecular formula is C11H18N6OS. The number of anilines is 1. The van der Waals surface area contributed by atoms with Crippen LogP contribution in [-0.4, -0.2) is 24.5 Å². The molecule has 0 bridgehead atoms. The van der Waals surface area contributed by atoms with E-state index in [0.29, 0.717) is 17.4 Å². The molecule has 0 aliphatic heterocycles. The van der Waals surface area contributed by atoms with Gasteiger partial charge < -0.3 is 5.73 Å². The van der Waals surface area contributed by atoms with Crippen molar-refractivity contribution in [3.8, 4) is 0 Å². The average molecular weight is 282 g/mol. The normalized spacial score (nSPS) is 11.1. The van der Waals surface area contributed by atoms with E-state index in [1.165, 1.54) is 11.8 Å². The molecule has 8 heteroatoms. The van der Waals surface area contributed by atoms with E-state index in [2.05, 4.69) is 15.3 Å². The Morgan fingerprint density at radius 2 is 2.16 bits per heavy atom. The van der Waals surface area contributed by atoms with E-state index in [0.717, 1.165) is 23.7 Å². The fourth-order valence-corrected chi connectivity index (χ4v) is 2.87. The third kappa shape index (κ3) is 2.53. The number of aromatic nitrogens is 5. The second-order valence-electron chi connectivity index (χ2n) is 4.19. The lowest BCUT2D eigenvalue weighted by molar-refractivity contribution is 0.590. The van der Waals surface area contributed by atoms with Gasteiger partial charge in [0.15, 0.2) is 5.16 Å². The molecule has 0 radical (unpaired) electrons. The van der Waals surface area contributed by atoms with Gasteiger partial charge in [0.05, 0.1) is 11.4 Å². The van der Waals surface area contributed by atoms with Crippen molar-refractivity contribution < 1.29 is 0 Å². The fourth-order valence-electron chi connectivity index (χ4n) is 1.78. The van der Waals surface area contributed by atoms with Gasteiger partial charge in [-0.05, 0) is 32.0 Å². The van der Waals surface area contributed by atoms with Gasteiger partial charge in [-0.1, -0.05) is 6.92 Å². The first-order chi connectivity index (χ1) is 9.08. The molecular weight excluding hydrogens is 264 g/mol. The number of hydrogen-bond donors (Lipinski definition) is 2.